The molecule has 0 aliphatic rings. The maximum atomic E-state index is 12.7. The topological polar surface area (TPSA) is 80.4 Å². The highest BCUT2D eigenvalue weighted by Crippen LogP contribution is 2.09. The van der Waals surface area contributed by atoms with E-state index in [0.717, 1.165) is 12.1 Å². The molecule has 0 atom stereocenters. The van der Waals surface area contributed by atoms with Gasteiger partial charge < -0.3 is 10.8 Å². The Bertz CT molecular complexity index is 653. The zero-order valence-electron chi connectivity index (χ0n) is 12.1. The summed E-state index contributed by atoms with van der Waals surface area (Å²) in [4.78, 5) is 20.8. The summed E-state index contributed by atoms with van der Waals surface area (Å²) >= 11 is 0. The minimum absolute atomic E-state index is 0.0203. The number of halogens is 2. The lowest BCUT2D eigenvalue weighted by Gasteiger charge is -1.97. The van der Waals surface area contributed by atoms with Crippen molar-refractivity contribution in [3.63, 3.8) is 0 Å². The number of hydrogen-bond donors (Lipinski definition) is 2. The normalized spacial score (nSPS) is 9.64. The molecule has 3 N–H and O–H groups in total. The number of hydrogen-bond acceptors (Lipinski definition) is 2. The molecule has 0 aliphatic heterocycles. The van der Waals surface area contributed by atoms with Crippen molar-refractivity contribution < 1.29 is 23.5 Å². The average molecular weight is 307 g/mol. The largest absolute Gasteiger partial charge is 0.478 e. The van der Waals surface area contributed by atoms with Crippen molar-refractivity contribution in [2.24, 2.45) is 5.73 Å². The maximum Gasteiger partial charge on any atom is 0.335 e. The fourth-order valence-corrected chi connectivity index (χ4v) is 1.47. The Morgan fingerprint density at radius 3 is 1.68 bits per heavy atom. The molecule has 2 aromatic rings. The smallest absolute Gasteiger partial charge is 0.335 e. The summed E-state index contributed by atoms with van der Waals surface area (Å²) in [6.45, 7) is 3.21. The summed E-state index contributed by atoms with van der Waals surface area (Å²) in [7, 11) is 0. The molecule has 1 amide bonds. The minimum Gasteiger partial charge on any atom is -0.478 e. The lowest BCUT2D eigenvalue weighted by molar-refractivity contribution is 0.0696. The van der Waals surface area contributed by atoms with E-state index in [1.807, 2.05) is 0 Å². The van der Waals surface area contributed by atoms with Crippen molar-refractivity contribution in [1.29, 1.82) is 0 Å². The number of rotatable bonds is 2. The van der Waals surface area contributed by atoms with E-state index < -0.39 is 23.5 Å². The van der Waals surface area contributed by atoms with Gasteiger partial charge in [-0.1, -0.05) is 12.1 Å². The SMILES string of the molecule is Cc1ccc(C(=O)O)cc1F.Cc1ccc(C(N)=O)cc1F. The molecule has 0 aromatic heterocycles. The summed E-state index contributed by atoms with van der Waals surface area (Å²) < 4.78 is 25.4. The van der Waals surface area contributed by atoms with Crippen molar-refractivity contribution in [2.45, 2.75) is 13.8 Å². The Morgan fingerprint density at radius 1 is 0.909 bits per heavy atom. The van der Waals surface area contributed by atoms with Crippen LogP contribution in [0.3, 0.4) is 0 Å². The number of amides is 1. The number of aromatic carboxylic acids is 1. The molecule has 6 heteroatoms. The predicted octanol–water partition coefficient (Wildman–Crippen LogP) is 3.07. The summed E-state index contributed by atoms with van der Waals surface area (Å²) in [5.74, 6) is -2.60. The van der Waals surface area contributed by atoms with Crippen molar-refractivity contribution >= 4 is 11.9 Å². The molecule has 4 nitrogen and oxygen atoms in total. The van der Waals surface area contributed by atoms with E-state index in [9.17, 15) is 18.4 Å². The predicted molar refractivity (Wildman–Crippen MR) is 77.8 cm³/mol. The first-order valence-corrected chi connectivity index (χ1v) is 6.27. The Hall–Kier alpha value is -2.76. The molecule has 2 rings (SSSR count). The van der Waals surface area contributed by atoms with Gasteiger partial charge in [-0.05, 0) is 49.2 Å². The first-order valence-electron chi connectivity index (χ1n) is 6.27. The standard InChI is InChI=1S/C8H8FNO.C8H7FO2/c2*1-5-2-3-6(8(10)11)4-7(5)9/h2-4H,1H3,(H2,10,11);2-4H,1H3,(H,10,11). The van der Waals surface area contributed by atoms with Crippen LogP contribution in [0.4, 0.5) is 8.78 Å². The second-order valence-corrected chi connectivity index (χ2v) is 4.60. The number of nitrogens with two attached hydrogens (primary N) is 1. The average Bonchev–Trinajstić information content (AvgIpc) is 2.45. The Kier molecular flexibility index (Phi) is 5.74. The Labute approximate surface area is 126 Å². The van der Waals surface area contributed by atoms with Crippen LogP contribution in [-0.4, -0.2) is 17.0 Å². The third-order valence-electron chi connectivity index (χ3n) is 2.88. The van der Waals surface area contributed by atoms with Gasteiger partial charge in [0.2, 0.25) is 5.91 Å². The van der Waals surface area contributed by atoms with Gasteiger partial charge in [-0.25, -0.2) is 13.6 Å². The van der Waals surface area contributed by atoms with Crippen LogP contribution in [0, 0.1) is 25.5 Å². The summed E-state index contributed by atoms with van der Waals surface area (Å²) in [5.41, 5.74) is 6.07. The zero-order chi connectivity index (χ0) is 16.9. The minimum atomic E-state index is -1.11. The molecular formula is C16H15F2NO3. The maximum absolute atomic E-state index is 12.7. The van der Waals surface area contributed by atoms with Crippen molar-refractivity contribution in [3.05, 3.63) is 70.3 Å². The number of benzene rings is 2. The fourth-order valence-electron chi connectivity index (χ4n) is 1.47. The van der Waals surface area contributed by atoms with E-state index in [-0.39, 0.29) is 11.1 Å². The van der Waals surface area contributed by atoms with Crippen molar-refractivity contribution in [2.75, 3.05) is 0 Å². The molecule has 0 radical (unpaired) electrons. The molecule has 2 aromatic carbocycles. The van der Waals surface area contributed by atoms with Crippen LogP contribution in [-0.2, 0) is 0 Å². The van der Waals surface area contributed by atoms with Gasteiger partial charge in [-0.2, -0.15) is 0 Å². The number of aryl methyl sites for hydroxylation is 2. The quantitative estimate of drug-likeness (QED) is 0.894. The Balaban J connectivity index is 0.000000220. The third kappa shape index (κ3) is 4.66. The van der Waals surface area contributed by atoms with E-state index >= 15 is 0 Å². The van der Waals surface area contributed by atoms with E-state index in [0.29, 0.717) is 11.1 Å². The summed E-state index contributed by atoms with van der Waals surface area (Å²) in [6, 6.07) is 7.99. The van der Waals surface area contributed by atoms with Gasteiger partial charge in [-0.3, -0.25) is 4.79 Å². The highest BCUT2D eigenvalue weighted by atomic mass is 19.1. The highest BCUT2D eigenvalue weighted by Gasteiger charge is 2.04. The second-order valence-electron chi connectivity index (χ2n) is 4.60. The van der Waals surface area contributed by atoms with Crippen LogP contribution < -0.4 is 5.73 Å². The van der Waals surface area contributed by atoms with Crippen LogP contribution in [0.2, 0.25) is 0 Å². The molecule has 0 saturated carbocycles. The van der Waals surface area contributed by atoms with Crippen LogP contribution in [0.25, 0.3) is 0 Å². The first-order chi connectivity index (χ1) is 10.2. The van der Waals surface area contributed by atoms with Gasteiger partial charge in [0.1, 0.15) is 11.6 Å². The highest BCUT2D eigenvalue weighted by molar-refractivity contribution is 5.92. The Morgan fingerprint density at radius 2 is 1.32 bits per heavy atom. The molecule has 0 heterocycles. The third-order valence-corrected chi connectivity index (χ3v) is 2.88. The van der Waals surface area contributed by atoms with Gasteiger partial charge in [-0.15, -0.1) is 0 Å². The number of carboxylic acids is 1. The van der Waals surface area contributed by atoms with E-state index in [2.05, 4.69) is 0 Å². The number of carbonyl (C=O) groups excluding carboxylic acids is 1. The molecule has 0 fully saturated rings. The number of carbonyl (C=O) groups is 2. The molecule has 0 saturated heterocycles. The number of carboxylic acid groups (broad SMARTS) is 1. The lowest BCUT2D eigenvalue weighted by Crippen LogP contribution is -2.11. The van der Waals surface area contributed by atoms with E-state index in [4.69, 9.17) is 10.8 Å². The molecule has 0 spiro atoms. The summed E-state index contributed by atoms with van der Waals surface area (Å²) in [5, 5.41) is 8.43. The van der Waals surface area contributed by atoms with Gasteiger partial charge in [0, 0.05) is 5.56 Å². The van der Waals surface area contributed by atoms with E-state index in [1.54, 1.807) is 13.8 Å². The second kappa shape index (κ2) is 7.31. The van der Waals surface area contributed by atoms with Crippen LogP contribution in [0.15, 0.2) is 36.4 Å². The summed E-state index contributed by atoms with van der Waals surface area (Å²) in [6.07, 6.45) is 0. The van der Waals surface area contributed by atoms with Crippen LogP contribution in [0.5, 0.6) is 0 Å². The molecular weight excluding hydrogens is 292 g/mol. The van der Waals surface area contributed by atoms with Gasteiger partial charge in [0.15, 0.2) is 0 Å². The lowest BCUT2D eigenvalue weighted by atomic mass is 10.1. The van der Waals surface area contributed by atoms with Gasteiger partial charge >= 0.3 is 5.97 Å². The van der Waals surface area contributed by atoms with Gasteiger partial charge in [0.05, 0.1) is 5.56 Å². The fraction of sp³-hybridized carbons (Fsp3) is 0.125. The van der Waals surface area contributed by atoms with Crippen LogP contribution >= 0.6 is 0 Å². The first kappa shape index (κ1) is 17.3. The van der Waals surface area contributed by atoms with E-state index in [1.165, 1.54) is 24.3 Å². The van der Waals surface area contributed by atoms with Crippen LogP contribution in [0.1, 0.15) is 31.8 Å². The zero-order valence-corrected chi connectivity index (χ0v) is 12.1. The van der Waals surface area contributed by atoms with Crippen molar-refractivity contribution in [3.8, 4) is 0 Å². The molecule has 0 unspecified atom stereocenters. The van der Waals surface area contributed by atoms with Gasteiger partial charge in [0.25, 0.3) is 0 Å². The molecule has 116 valence electrons. The van der Waals surface area contributed by atoms with Crippen molar-refractivity contribution in [1.82, 2.24) is 0 Å². The molecule has 0 bridgehead atoms. The monoisotopic (exact) mass is 307 g/mol. The molecule has 22 heavy (non-hydrogen) atoms. The number of primary amides is 1. The molecule has 0 aliphatic carbocycles.